The van der Waals surface area contributed by atoms with Crippen molar-refractivity contribution >= 4 is 66.9 Å². The number of anilines is 1. The number of carbonyl (C=O) groups is 3. The zero-order chi connectivity index (χ0) is 30.8. The standard InChI is InChI=1S/C31H40Br2N6O4S/c1-35-9-4-22(5-10-35)36-13-15-37(16-14-36)29(40)27(19-21-2-3-24(32)25(33)18-21)43-31(42)38-11-6-23(7-12-38)39-20-28-26(8-17-44-28)34-30(39)41/h2-3,8,17-18,22-23,27H,4-7,9-16,19-20H2,1H3,(H,34,41). The third-order valence-electron chi connectivity index (χ3n) is 9.48. The van der Waals surface area contributed by atoms with E-state index in [2.05, 4.69) is 54.0 Å². The Morgan fingerprint density at radius 3 is 2.34 bits per heavy atom. The molecule has 1 unspecified atom stereocenters. The first-order valence-corrected chi connectivity index (χ1v) is 18.0. The van der Waals surface area contributed by atoms with Crippen LogP contribution in [0.5, 0.6) is 0 Å². The average molecular weight is 753 g/mol. The van der Waals surface area contributed by atoms with Crippen LogP contribution in [0.4, 0.5) is 15.3 Å². The van der Waals surface area contributed by atoms with Crippen LogP contribution in [-0.4, -0.2) is 120 Å². The van der Waals surface area contributed by atoms with E-state index in [4.69, 9.17) is 4.74 Å². The molecule has 13 heteroatoms. The first-order chi connectivity index (χ1) is 21.2. The second-order valence-corrected chi connectivity index (χ2v) is 15.0. The summed E-state index contributed by atoms with van der Waals surface area (Å²) in [5.74, 6) is -0.132. The summed E-state index contributed by atoms with van der Waals surface area (Å²) in [7, 11) is 2.17. The Morgan fingerprint density at radius 2 is 1.64 bits per heavy atom. The lowest BCUT2D eigenvalue weighted by atomic mass is 10.0. The molecule has 6 rings (SSSR count). The number of thiophene rings is 1. The summed E-state index contributed by atoms with van der Waals surface area (Å²) in [6.07, 6.45) is 2.59. The topological polar surface area (TPSA) is 88.7 Å². The number of fused-ring (bicyclic) bond motifs is 1. The van der Waals surface area contributed by atoms with Gasteiger partial charge >= 0.3 is 12.1 Å². The zero-order valence-corrected chi connectivity index (χ0v) is 29.0. The number of nitrogens with zero attached hydrogens (tertiary/aromatic N) is 5. The van der Waals surface area contributed by atoms with E-state index in [9.17, 15) is 14.4 Å². The van der Waals surface area contributed by atoms with Gasteiger partial charge in [-0.05, 0) is 107 Å². The molecule has 1 atom stereocenters. The van der Waals surface area contributed by atoms with Crippen LogP contribution in [-0.2, 0) is 22.5 Å². The summed E-state index contributed by atoms with van der Waals surface area (Å²) in [5, 5.41) is 4.98. The summed E-state index contributed by atoms with van der Waals surface area (Å²) in [6.45, 7) is 6.74. The lowest BCUT2D eigenvalue weighted by molar-refractivity contribution is -0.143. The highest BCUT2D eigenvalue weighted by Crippen LogP contribution is 2.32. The van der Waals surface area contributed by atoms with Gasteiger partial charge in [0.2, 0.25) is 0 Å². The average Bonchev–Trinajstić information content (AvgIpc) is 3.49. The van der Waals surface area contributed by atoms with Crippen molar-refractivity contribution in [2.75, 3.05) is 64.7 Å². The molecule has 0 spiro atoms. The number of ether oxygens (including phenoxy) is 1. The summed E-state index contributed by atoms with van der Waals surface area (Å²) in [5.41, 5.74) is 1.81. The number of hydrogen-bond acceptors (Lipinski definition) is 7. The van der Waals surface area contributed by atoms with Crippen LogP contribution in [0, 0.1) is 0 Å². The molecule has 1 aromatic carbocycles. The van der Waals surface area contributed by atoms with Gasteiger partial charge in [0.05, 0.1) is 12.2 Å². The van der Waals surface area contributed by atoms with Gasteiger partial charge in [-0.3, -0.25) is 9.69 Å². The summed E-state index contributed by atoms with van der Waals surface area (Å²) in [4.78, 5) is 51.6. The minimum atomic E-state index is -0.909. The number of halogens is 2. The SMILES string of the molecule is CN1CCC(N2CCN(C(=O)C(Cc3ccc(Br)c(Br)c3)OC(=O)N3CCC(N4Cc5sccc5NC4=O)CC3)CC2)CC1. The number of hydrogen-bond donors (Lipinski definition) is 1. The number of benzene rings is 1. The number of rotatable bonds is 6. The molecule has 4 aliphatic heterocycles. The molecule has 0 saturated carbocycles. The van der Waals surface area contributed by atoms with Crippen molar-refractivity contribution in [3.8, 4) is 0 Å². The van der Waals surface area contributed by atoms with Crippen molar-refractivity contribution in [3.63, 3.8) is 0 Å². The number of likely N-dealkylation sites (tertiary alicyclic amines) is 2. The van der Waals surface area contributed by atoms with Crippen LogP contribution in [0.25, 0.3) is 0 Å². The molecule has 44 heavy (non-hydrogen) atoms. The molecule has 10 nitrogen and oxygen atoms in total. The van der Waals surface area contributed by atoms with Crippen LogP contribution < -0.4 is 5.32 Å². The molecule has 3 saturated heterocycles. The highest BCUT2D eigenvalue weighted by atomic mass is 79.9. The van der Waals surface area contributed by atoms with Gasteiger partial charge in [-0.15, -0.1) is 11.3 Å². The Labute approximate surface area is 279 Å². The molecule has 0 radical (unpaired) electrons. The third-order valence-corrected chi connectivity index (χ3v) is 12.3. The van der Waals surface area contributed by atoms with E-state index in [0.717, 1.165) is 64.1 Å². The Kier molecular flexibility index (Phi) is 10.2. The quantitative estimate of drug-likeness (QED) is 0.444. The predicted octanol–water partition coefficient (Wildman–Crippen LogP) is 5.07. The monoisotopic (exact) mass is 750 g/mol. The third kappa shape index (κ3) is 7.27. The normalized spacial score (nSPS) is 21.6. The van der Waals surface area contributed by atoms with Crippen molar-refractivity contribution in [3.05, 3.63) is 49.0 Å². The van der Waals surface area contributed by atoms with Gasteiger partial charge in [-0.1, -0.05) is 6.07 Å². The van der Waals surface area contributed by atoms with E-state index in [1.165, 1.54) is 0 Å². The fourth-order valence-electron chi connectivity index (χ4n) is 6.77. The Balaban J connectivity index is 1.07. The molecule has 1 N–H and O–H groups in total. The maximum atomic E-state index is 13.9. The van der Waals surface area contributed by atoms with E-state index in [1.54, 1.807) is 16.2 Å². The lowest BCUT2D eigenvalue weighted by Gasteiger charge is -2.43. The van der Waals surface area contributed by atoms with Gasteiger partial charge in [0.15, 0.2) is 6.10 Å². The van der Waals surface area contributed by atoms with Gasteiger partial charge in [-0.25, -0.2) is 9.59 Å². The zero-order valence-electron chi connectivity index (χ0n) is 25.1. The molecular weight excluding hydrogens is 712 g/mol. The molecule has 0 bridgehead atoms. The van der Waals surface area contributed by atoms with Crippen LogP contribution in [0.2, 0.25) is 0 Å². The van der Waals surface area contributed by atoms with Crippen molar-refractivity contribution in [1.29, 1.82) is 0 Å². The van der Waals surface area contributed by atoms with Crippen molar-refractivity contribution in [2.24, 2.45) is 0 Å². The molecule has 2 aromatic rings. The first kappa shape index (κ1) is 31.8. The van der Waals surface area contributed by atoms with Gasteiger partial charge in [0.1, 0.15) is 0 Å². The molecule has 1 aromatic heterocycles. The number of amides is 4. The van der Waals surface area contributed by atoms with Crippen molar-refractivity contribution in [2.45, 2.75) is 56.8 Å². The smallest absolute Gasteiger partial charge is 0.410 e. The maximum Gasteiger partial charge on any atom is 0.410 e. The van der Waals surface area contributed by atoms with Crippen molar-refractivity contribution in [1.82, 2.24) is 24.5 Å². The number of nitrogens with one attached hydrogen (secondary N) is 1. The maximum absolute atomic E-state index is 13.9. The van der Waals surface area contributed by atoms with E-state index in [0.29, 0.717) is 58.0 Å². The second-order valence-electron chi connectivity index (χ2n) is 12.3. The predicted molar refractivity (Wildman–Crippen MR) is 178 cm³/mol. The molecule has 5 heterocycles. The van der Waals surface area contributed by atoms with Gasteiger partial charge in [0.25, 0.3) is 5.91 Å². The fourth-order valence-corrected chi connectivity index (χ4v) is 8.27. The summed E-state index contributed by atoms with van der Waals surface area (Å²) >= 11 is 8.72. The molecule has 4 amide bonds. The number of carbonyl (C=O) groups excluding carboxylic acids is 3. The summed E-state index contributed by atoms with van der Waals surface area (Å²) in [6, 6.07) is 8.33. The fraction of sp³-hybridized carbons (Fsp3) is 0.581. The van der Waals surface area contributed by atoms with Crippen LogP contribution in [0.15, 0.2) is 38.6 Å². The highest BCUT2D eigenvalue weighted by molar-refractivity contribution is 9.13. The Hall–Kier alpha value is -2.19. The number of piperidine rings is 2. The van der Waals surface area contributed by atoms with E-state index < -0.39 is 12.2 Å². The van der Waals surface area contributed by atoms with E-state index in [-0.39, 0.29) is 18.0 Å². The van der Waals surface area contributed by atoms with Crippen molar-refractivity contribution < 1.29 is 19.1 Å². The minimum absolute atomic E-state index is 0.0488. The molecule has 0 aliphatic carbocycles. The van der Waals surface area contributed by atoms with E-state index >= 15 is 0 Å². The second kappa shape index (κ2) is 14.1. The van der Waals surface area contributed by atoms with Gasteiger partial charge in [-0.2, -0.15) is 0 Å². The summed E-state index contributed by atoms with van der Waals surface area (Å²) < 4.78 is 7.84. The number of piperazine rings is 1. The molecule has 3 fully saturated rings. The molecule has 238 valence electrons. The molecular formula is C31H40Br2N6O4S. The lowest BCUT2D eigenvalue weighted by Crippen LogP contribution is -2.56. The first-order valence-electron chi connectivity index (χ1n) is 15.5. The van der Waals surface area contributed by atoms with Crippen LogP contribution >= 0.6 is 43.2 Å². The van der Waals surface area contributed by atoms with E-state index in [1.807, 2.05) is 39.4 Å². The van der Waals surface area contributed by atoms with Gasteiger partial charge in [0, 0.05) is 71.6 Å². The minimum Gasteiger partial charge on any atom is -0.436 e. The Morgan fingerprint density at radius 1 is 0.932 bits per heavy atom. The van der Waals surface area contributed by atoms with Crippen LogP contribution in [0.3, 0.4) is 0 Å². The van der Waals surface area contributed by atoms with Gasteiger partial charge < -0.3 is 29.7 Å². The largest absolute Gasteiger partial charge is 0.436 e. The highest BCUT2D eigenvalue weighted by Gasteiger charge is 2.37. The molecule has 4 aliphatic rings. The van der Waals surface area contributed by atoms with Crippen LogP contribution in [0.1, 0.15) is 36.1 Å². The number of urea groups is 1. The Bertz CT molecular complexity index is 1350.